The molecule has 0 radical (unpaired) electrons. The molecule has 9 heteroatoms. The van der Waals surface area contributed by atoms with Crippen molar-refractivity contribution in [3.8, 4) is 10.6 Å². The summed E-state index contributed by atoms with van der Waals surface area (Å²) in [6.07, 6.45) is 0. The van der Waals surface area contributed by atoms with Gasteiger partial charge in [-0.15, -0.1) is 22.7 Å². The molecule has 0 N–H and O–H groups in total. The Labute approximate surface area is 207 Å². The van der Waals surface area contributed by atoms with Gasteiger partial charge in [0.1, 0.15) is 0 Å². The average molecular weight is 512 g/mol. The predicted molar refractivity (Wildman–Crippen MR) is 137 cm³/mol. The molecule has 5 rings (SSSR count). The standard InChI is InChI=1S/C25H25N3O3S3/c1-19(20-6-3-2-4-7-20)28-23(24-8-5-17-32-24)18-33-25(28)26-21-9-11-22(12-10-21)34(29,30)27-13-15-31-16-14-27/h2-12,17-19H,13-16H2,1H3. The van der Waals surface area contributed by atoms with E-state index in [0.29, 0.717) is 26.3 Å². The molecule has 1 unspecified atom stereocenters. The first-order chi connectivity index (χ1) is 16.5. The van der Waals surface area contributed by atoms with Gasteiger partial charge in [-0.05, 0) is 48.2 Å². The highest BCUT2D eigenvalue weighted by atomic mass is 32.2. The first kappa shape index (κ1) is 23.2. The molecule has 1 fully saturated rings. The number of hydrogen-bond acceptors (Lipinski definition) is 6. The maximum absolute atomic E-state index is 12.9. The maximum atomic E-state index is 12.9. The zero-order chi connectivity index (χ0) is 23.5. The highest BCUT2D eigenvalue weighted by molar-refractivity contribution is 7.89. The van der Waals surface area contributed by atoms with Gasteiger partial charge < -0.3 is 9.30 Å². The SMILES string of the molecule is CC(c1ccccc1)n1c(-c2cccs2)csc1=Nc1ccc(S(=O)(=O)N2CCOCC2)cc1. The second-order valence-electron chi connectivity index (χ2n) is 7.96. The minimum atomic E-state index is -3.52. The first-order valence-corrected chi connectivity index (χ1v) is 14.3. The third kappa shape index (κ3) is 4.67. The summed E-state index contributed by atoms with van der Waals surface area (Å²) < 4.78 is 34.9. The number of thiazole rings is 1. The lowest BCUT2D eigenvalue weighted by atomic mass is 10.1. The molecule has 0 saturated carbocycles. The Morgan fingerprint density at radius 3 is 2.35 bits per heavy atom. The van der Waals surface area contributed by atoms with Gasteiger partial charge in [0.2, 0.25) is 10.0 Å². The van der Waals surface area contributed by atoms with Crippen molar-refractivity contribution >= 4 is 38.4 Å². The normalized spacial score (nSPS) is 16.6. The lowest BCUT2D eigenvalue weighted by Crippen LogP contribution is -2.40. The molecule has 2 aromatic carbocycles. The van der Waals surface area contributed by atoms with E-state index in [1.165, 1.54) is 14.7 Å². The molecule has 1 atom stereocenters. The van der Waals surface area contributed by atoms with E-state index >= 15 is 0 Å². The molecular formula is C25H25N3O3S3. The molecule has 0 spiro atoms. The molecule has 1 aliphatic heterocycles. The Kier molecular flexibility index (Phi) is 6.80. The summed E-state index contributed by atoms with van der Waals surface area (Å²) in [5.74, 6) is 0. The molecule has 3 heterocycles. The van der Waals surface area contributed by atoms with Crippen LogP contribution in [0.25, 0.3) is 10.6 Å². The molecule has 0 aliphatic carbocycles. The Hall–Kier alpha value is -2.56. The number of thiophene rings is 1. The third-order valence-corrected chi connectivity index (χ3v) is 9.50. The van der Waals surface area contributed by atoms with Crippen LogP contribution in [0.4, 0.5) is 5.69 Å². The van der Waals surface area contributed by atoms with Gasteiger partial charge in [-0.1, -0.05) is 36.4 Å². The highest BCUT2D eigenvalue weighted by Crippen LogP contribution is 2.30. The van der Waals surface area contributed by atoms with Gasteiger partial charge in [0.25, 0.3) is 0 Å². The van der Waals surface area contributed by atoms with Crippen LogP contribution in [0, 0.1) is 0 Å². The van der Waals surface area contributed by atoms with E-state index in [-0.39, 0.29) is 10.9 Å². The number of benzene rings is 2. The first-order valence-electron chi connectivity index (χ1n) is 11.1. The van der Waals surface area contributed by atoms with Crippen molar-refractivity contribution in [3.63, 3.8) is 0 Å². The van der Waals surface area contributed by atoms with E-state index in [4.69, 9.17) is 9.73 Å². The monoisotopic (exact) mass is 511 g/mol. The van der Waals surface area contributed by atoms with Crippen molar-refractivity contribution in [1.82, 2.24) is 8.87 Å². The highest BCUT2D eigenvalue weighted by Gasteiger charge is 2.26. The van der Waals surface area contributed by atoms with Crippen LogP contribution in [0.2, 0.25) is 0 Å². The maximum Gasteiger partial charge on any atom is 0.243 e. The summed E-state index contributed by atoms with van der Waals surface area (Å²) in [4.78, 5) is 7.25. The second-order valence-corrected chi connectivity index (χ2v) is 11.7. The molecule has 34 heavy (non-hydrogen) atoms. The van der Waals surface area contributed by atoms with Crippen LogP contribution in [0.1, 0.15) is 18.5 Å². The van der Waals surface area contributed by atoms with E-state index in [1.54, 1.807) is 46.9 Å². The lowest BCUT2D eigenvalue weighted by molar-refractivity contribution is 0.0730. The number of sulfonamides is 1. The summed E-state index contributed by atoms with van der Waals surface area (Å²) in [6, 6.07) is 21.5. The van der Waals surface area contributed by atoms with Crippen molar-refractivity contribution in [2.45, 2.75) is 17.9 Å². The fourth-order valence-electron chi connectivity index (χ4n) is 4.00. The van der Waals surface area contributed by atoms with Crippen LogP contribution in [0.3, 0.4) is 0 Å². The summed E-state index contributed by atoms with van der Waals surface area (Å²) in [5, 5.41) is 4.22. The number of nitrogens with zero attached hydrogens (tertiary/aromatic N) is 3. The number of ether oxygens (including phenoxy) is 1. The van der Waals surface area contributed by atoms with E-state index in [0.717, 1.165) is 16.2 Å². The number of aromatic nitrogens is 1. The van der Waals surface area contributed by atoms with E-state index in [9.17, 15) is 8.42 Å². The van der Waals surface area contributed by atoms with Gasteiger partial charge in [-0.3, -0.25) is 0 Å². The van der Waals surface area contributed by atoms with Crippen LogP contribution in [-0.2, 0) is 14.8 Å². The van der Waals surface area contributed by atoms with E-state index in [1.807, 2.05) is 18.2 Å². The van der Waals surface area contributed by atoms with Gasteiger partial charge in [0.05, 0.1) is 40.4 Å². The molecule has 6 nitrogen and oxygen atoms in total. The summed E-state index contributed by atoms with van der Waals surface area (Å²) in [7, 11) is -3.52. The van der Waals surface area contributed by atoms with Gasteiger partial charge in [-0.25, -0.2) is 13.4 Å². The summed E-state index contributed by atoms with van der Waals surface area (Å²) >= 11 is 3.29. The van der Waals surface area contributed by atoms with Crippen molar-refractivity contribution in [3.05, 3.63) is 87.9 Å². The Bertz CT molecular complexity index is 1400. The third-order valence-electron chi connectivity index (χ3n) is 5.85. The zero-order valence-electron chi connectivity index (χ0n) is 18.7. The largest absolute Gasteiger partial charge is 0.379 e. The van der Waals surface area contributed by atoms with Crippen LogP contribution >= 0.6 is 22.7 Å². The topological polar surface area (TPSA) is 63.9 Å². The Balaban J connectivity index is 1.52. The quantitative estimate of drug-likeness (QED) is 0.360. The lowest BCUT2D eigenvalue weighted by Gasteiger charge is -2.26. The predicted octanol–water partition coefficient (Wildman–Crippen LogP) is 5.14. The average Bonchev–Trinajstić information content (AvgIpc) is 3.55. The molecule has 2 aromatic heterocycles. The second kappa shape index (κ2) is 9.97. The number of morpholine rings is 1. The zero-order valence-corrected chi connectivity index (χ0v) is 21.2. The van der Waals surface area contributed by atoms with Crippen LogP contribution in [0.5, 0.6) is 0 Å². The molecule has 0 amide bonds. The minimum Gasteiger partial charge on any atom is -0.379 e. The summed E-state index contributed by atoms with van der Waals surface area (Å²) in [5.41, 5.74) is 3.04. The van der Waals surface area contributed by atoms with Gasteiger partial charge >= 0.3 is 0 Å². The molecule has 176 valence electrons. The molecule has 1 saturated heterocycles. The van der Waals surface area contributed by atoms with Crippen LogP contribution in [-0.4, -0.2) is 43.6 Å². The molecule has 0 bridgehead atoms. The number of rotatable bonds is 6. The molecule has 4 aromatic rings. The molecular weight excluding hydrogens is 486 g/mol. The van der Waals surface area contributed by atoms with Gasteiger partial charge in [-0.2, -0.15) is 4.31 Å². The van der Waals surface area contributed by atoms with Crippen molar-refractivity contribution in [1.29, 1.82) is 0 Å². The fourth-order valence-corrected chi connectivity index (χ4v) is 7.21. The van der Waals surface area contributed by atoms with Crippen molar-refractivity contribution in [2.24, 2.45) is 4.99 Å². The summed E-state index contributed by atoms with van der Waals surface area (Å²) in [6.45, 7) is 3.80. The van der Waals surface area contributed by atoms with Crippen LogP contribution in [0.15, 0.2) is 87.4 Å². The van der Waals surface area contributed by atoms with Crippen molar-refractivity contribution in [2.75, 3.05) is 26.3 Å². The van der Waals surface area contributed by atoms with E-state index in [2.05, 4.69) is 46.5 Å². The van der Waals surface area contributed by atoms with E-state index < -0.39 is 10.0 Å². The van der Waals surface area contributed by atoms with Crippen LogP contribution < -0.4 is 4.80 Å². The van der Waals surface area contributed by atoms with Gasteiger partial charge in [0.15, 0.2) is 4.80 Å². The smallest absolute Gasteiger partial charge is 0.243 e. The molecule has 1 aliphatic rings. The minimum absolute atomic E-state index is 0.0873. The Morgan fingerprint density at radius 1 is 0.941 bits per heavy atom. The van der Waals surface area contributed by atoms with Gasteiger partial charge in [0, 0.05) is 18.5 Å². The van der Waals surface area contributed by atoms with Crippen molar-refractivity contribution < 1.29 is 13.2 Å². The Morgan fingerprint density at radius 2 is 1.68 bits per heavy atom. The number of hydrogen-bond donors (Lipinski definition) is 0. The fraction of sp³-hybridized carbons (Fsp3) is 0.240.